The van der Waals surface area contributed by atoms with Crippen LogP contribution in [0, 0.1) is 6.92 Å². The van der Waals surface area contributed by atoms with Gasteiger partial charge in [0, 0.05) is 6.07 Å². The molecule has 2 aromatic rings. The number of hydrogen-bond acceptors (Lipinski definition) is 2. The van der Waals surface area contributed by atoms with Crippen LogP contribution in [0.1, 0.15) is 11.1 Å². The molecule has 0 aliphatic carbocycles. The van der Waals surface area contributed by atoms with E-state index in [4.69, 9.17) is 4.74 Å². The molecule has 3 heteroatoms. The lowest BCUT2D eigenvalue weighted by atomic mass is 10.2. The van der Waals surface area contributed by atoms with Gasteiger partial charge < -0.3 is 4.74 Å². The van der Waals surface area contributed by atoms with Crippen molar-refractivity contribution in [3.8, 4) is 5.75 Å². The molecule has 4 N–H and O–H groups in total. The summed E-state index contributed by atoms with van der Waals surface area (Å²) < 4.78 is 5.72. The fourth-order valence-electron chi connectivity index (χ4n) is 1.62. The average molecular weight is 229 g/mol. The van der Waals surface area contributed by atoms with Crippen LogP contribution < -0.4 is 16.0 Å². The first-order chi connectivity index (χ1) is 8.29. The minimum absolute atomic E-state index is 0.584. The molecule has 2 aromatic carbocycles. The predicted octanol–water partition coefficient (Wildman–Crippen LogP) is 2.14. The second kappa shape index (κ2) is 5.37. The highest BCUT2D eigenvalue weighted by Gasteiger charge is 2.01. The van der Waals surface area contributed by atoms with Crippen LogP contribution in [0.3, 0.4) is 0 Å². The largest absolute Gasteiger partial charge is 0.489 e. The summed E-state index contributed by atoms with van der Waals surface area (Å²) in [6, 6.07) is 16.1. The van der Waals surface area contributed by atoms with Crippen LogP contribution >= 0.6 is 0 Å². The smallest absolute Gasteiger partial charge is 0.122 e. The third kappa shape index (κ3) is 2.98. The van der Waals surface area contributed by atoms with E-state index in [9.17, 15) is 0 Å². The van der Waals surface area contributed by atoms with Gasteiger partial charge in [-0.05, 0) is 24.1 Å². The van der Waals surface area contributed by atoms with Gasteiger partial charge in [0.15, 0.2) is 0 Å². The molecule has 0 saturated heterocycles. The first kappa shape index (κ1) is 11.5. The minimum Gasteiger partial charge on any atom is -0.489 e. The first-order valence-corrected chi connectivity index (χ1v) is 5.60. The van der Waals surface area contributed by atoms with Gasteiger partial charge in [0.2, 0.25) is 0 Å². The SMILES string of the molecule is Cc1ccc(OCc2ccccc2)cc1N[NH3+]. The molecule has 0 radical (unpaired) electrons. The number of rotatable bonds is 4. The monoisotopic (exact) mass is 229 g/mol. The second-order valence-corrected chi connectivity index (χ2v) is 3.93. The quantitative estimate of drug-likeness (QED) is 0.789. The van der Waals surface area contributed by atoms with Gasteiger partial charge in [-0.3, -0.25) is 5.84 Å². The van der Waals surface area contributed by atoms with Gasteiger partial charge in [0.25, 0.3) is 0 Å². The summed E-state index contributed by atoms with van der Waals surface area (Å²) >= 11 is 0. The fourth-order valence-corrected chi connectivity index (χ4v) is 1.62. The Morgan fingerprint density at radius 3 is 2.59 bits per heavy atom. The van der Waals surface area contributed by atoms with Crippen molar-refractivity contribution in [2.75, 3.05) is 5.43 Å². The zero-order valence-corrected chi connectivity index (χ0v) is 9.94. The summed E-state index contributed by atoms with van der Waals surface area (Å²) in [4.78, 5) is 0. The van der Waals surface area contributed by atoms with Crippen LogP contribution in [0.15, 0.2) is 48.5 Å². The molecule has 0 aromatic heterocycles. The molecule has 0 aliphatic heterocycles. The maximum Gasteiger partial charge on any atom is 0.122 e. The van der Waals surface area contributed by atoms with E-state index in [-0.39, 0.29) is 0 Å². The van der Waals surface area contributed by atoms with Gasteiger partial charge in [-0.2, -0.15) is 0 Å². The number of hydrogen-bond donors (Lipinski definition) is 2. The average Bonchev–Trinajstić information content (AvgIpc) is 2.39. The van der Waals surface area contributed by atoms with Gasteiger partial charge in [-0.15, -0.1) is 0 Å². The lowest BCUT2D eigenvalue weighted by molar-refractivity contribution is -0.325. The van der Waals surface area contributed by atoms with Gasteiger partial charge in [-0.25, -0.2) is 5.43 Å². The van der Waals surface area contributed by atoms with Crippen molar-refractivity contribution in [1.29, 1.82) is 0 Å². The van der Waals surface area contributed by atoms with E-state index in [1.807, 2.05) is 43.3 Å². The van der Waals surface area contributed by atoms with E-state index in [1.54, 1.807) is 0 Å². The molecule has 0 aliphatic rings. The summed E-state index contributed by atoms with van der Waals surface area (Å²) in [5.74, 6) is 4.52. The lowest BCUT2D eigenvalue weighted by Crippen LogP contribution is -2.56. The van der Waals surface area contributed by atoms with Crippen molar-refractivity contribution >= 4 is 5.69 Å². The molecular weight excluding hydrogens is 212 g/mol. The van der Waals surface area contributed by atoms with Crippen LogP contribution in [0.4, 0.5) is 5.69 Å². The highest BCUT2D eigenvalue weighted by Crippen LogP contribution is 2.21. The topological polar surface area (TPSA) is 48.9 Å². The molecule has 0 atom stereocenters. The Morgan fingerprint density at radius 2 is 1.88 bits per heavy atom. The number of benzene rings is 2. The lowest BCUT2D eigenvalue weighted by Gasteiger charge is -2.09. The Hall–Kier alpha value is -2.00. The van der Waals surface area contributed by atoms with Crippen molar-refractivity contribution in [2.45, 2.75) is 13.5 Å². The van der Waals surface area contributed by atoms with Crippen LogP contribution in [-0.2, 0) is 6.61 Å². The molecule has 0 heterocycles. The summed E-state index contributed by atoms with van der Waals surface area (Å²) in [6.45, 7) is 2.62. The van der Waals surface area contributed by atoms with E-state index >= 15 is 0 Å². The van der Waals surface area contributed by atoms with Crippen LogP contribution in [-0.4, -0.2) is 0 Å². The molecule has 88 valence electrons. The Kier molecular flexibility index (Phi) is 3.62. The molecule has 3 nitrogen and oxygen atoms in total. The molecule has 0 spiro atoms. The van der Waals surface area contributed by atoms with Gasteiger partial charge >= 0.3 is 0 Å². The maximum atomic E-state index is 5.72. The van der Waals surface area contributed by atoms with E-state index < -0.39 is 0 Å². The Morgan fingerprint density at radius 1 is 1.12 bits per heavy atom. The van der Waals surface area contributed by atoms with Crippen molar-refractivity contribution in [2.24, 2.45) is 0 Å². The number of anilines is 1. The van der Waals surface area contributed by atoms with Crippen LogP contribution in [0.2, 0.25) is 0 Å². The third-order valence-corrected chi connectivity index (χ3v) is 2.65. The van der Waals surface area contributed by atoms with E-state index in [1.165, 1.54) is 0 Å². The predicted molar refractivity (Wildman–Crippen MR) is 68.5 cm³/mol. The molecule has 0 bridgehead atoms. The Balaban J connectivity index is 2.04. The number of ether oxygens (including phenoxy) is 1. The van der Waals surface area contributed by atoms with Crippen LogP contribution in [0.5, 0.6) is 5.75 Å². The second-order valence-electron chi connectivity index (χ2n) is 3.93. The molecule has 0 amide bonds. The van der Waals surface area contributed by atoms with E-state index in [0.717, 1.165) is 22.6 Å². The maximum absolute atomic E-state index is 5.72. The number of nitrogens with one attached hydrogen (secondary N) is 1. The van der Waals surface area contributed by atoms with E-state index in [0.29, 0.717) is 6.61 Å². The molecular formula is C14H17N2O+. The molecule has 0 fully saturated rings. The van der Waals surface area contributed by atoms with Crippen molar-refractivity contribution < 1.29 is 10.6 Å². The number of quaternary nitrogens is 1. The highest BCUT2D eigenvalue weighted by atomic mass is 16.5. The first-order valence-electron chi connectivity index (χ1n) is 5.60. The third-order valence-electron chi connectivity index (χ3n) is 2.65. The van der Waals surface area contributed by atoms with E-state index in [2.05, 4.69) is 23.4 Å². The molecule has 0 saturated carbocycles. The molecule has 2 rings (SSSR count). The minimum atomic E-state index is 0.584. The summed E-state index contributed by atoms with van der Waals surface area (Å²) in [7, 11) is 0. The fraction of sp³-hybridized carbons (Fsp3) is 0.143. The van der Waals surface area contributed by atoms with Crippen molar-refractivity contribution in [3.05, 3.63) is 59.7 Å². The Labute approximate surface area is 101 Å². The zero-order valence-electron chi connectivity index (χ0n) is 9.94. The van der Waals surface area contributed by atoms with Crippen LogP contribution in [0.25, 0.3) is 0 Å². The van der Waals surface area contributed by atoms with Crippen molar-refractivity contribution in [3.63, 3.8) is 0 Å². The Bertz CT molecular complexity index is 483. The van der Waals surface area contributed by atoms with Gasteiger partial charge in [0.05, 0.1) is 5.69 Å². The number of aryl methyl sites for hydroxylation is 1. The normalized spacial score (nSPS) is 10.0. The summed E-state index contributed by atoms with van der Waals surface area (Å²) in [5.41, 5.74) is 6.22. The summed E-state index contributed by atoms with van der Waals surface area (Å²) in [5, 5.41) is 0. The molecule has 17 heavy (non-hydrogen) atoms. The van der Waals surface area contributed by atoms with Gasteiger partial charge in [0.1, 0.15) is 12.4 Å². The summed E-state index contributed by atoms with van der Waals surface area (Å²) in [6.07, 6.45) is 0. The highest BCUT2D eigenvalue weighted by molar-refractivity contribution is 5.52. The standard InChI is InChI=1S/C14H16N2O/c1-11-7-8-13(9-14(11)16-15)17-10-12-5-3-2-4-6-12/h2-9,16H,10,15H2,1H3/p+1. The van der Waals surface area contributed by atoms with Gasteiger partial charge in [-0.1, -0.05) is 36.4 Å². The van der Waals surface area contributed by atoms with Crippen molar-refractivity contribution in [1.82, 2.24) is 0 Å². The molecule has 0 unspecified atom stereocenters. The zero-order chi connectivity index (χ0) is 12.1.